The standard InChI is InChI=1S/C21H24O7S/c1-12-6-13(2)21(14(3)7-12)29(25,26)27-11-17(22)19-10-16-8-15(9-20(23)24)4-5-18(16)28-19/h4-8,17,19,22H,9-11H2,1-3H3,(H,23,24)/p-1. The molecule has 2 aromatic rings. The lowest BCUT2D eigenvalue weighted by Crippen LogP contribution is -2.35. The minimum absolute atomic E-state index is 0.109. The largest absolute Gasteiger partial charge is 0.550 e. The molecule has 0 fully saturated rings. The highest BCUT2D eigenvalue weighted by atomic mass is 32.2. The molecule has 2 aromatic carbocycles. The summed E-state index contributed by atoms with van der Waals surface area (Å²) in [7, 11) is -4.04. The second-order valence-electron chi connectivity index (χ2n) is 7.39. The smallest absolute Gasteiger partial charge is 0.297 e. The van der Waals surface area contributed by atoms with Gasteiger partial charge < -0.3 is 19.7 Å². The van der Waals surface area contributed by atoms with Gasteiger partial charge in [-0.25, -0.2) is 0 Å². The van der Waals surface area contributed by atoms with Gasteiger partial charge in [-0.3, -0.25) is 4.18 Å². The fourth-order valence-corrected chi connectivity index (χ4v) is 5.05. The number of carboxylic acids is 1. The van der Waals surface area contributed by atoms with Crippen LogP contribution in [-0.2, 0) is 31.9 Å². The number of aliphatic hydroxyl groups excluding tert-OH is 1. The maximum atomic E-state index is 12.6. The predicted octanol–water partition coefficient (Wildman–Crippen LogP) is 0.974. The molecule has 0 aliphatic carbocycles. The molecule has 2 atom stereocenters. The van der Waals surface area contributed by atoms with Crippen LogP contribution in [0.5, 0.6) is 5.75 Å². The minimum atomic E-state index is -4.04. The van der Waals surface area contributed by atoms with Crippen LogP contribution in [0.1, 0.15) is 27.8 Å². The van der Waals surface area contributed by atoms with Crippen LogP contribution in [0.4, 0.5) is 0 Å². The van der Waals surface area contributed by atoms with Crippen LogP contribution in [-0.4, -0.2) is 38.3 Å². The van der Waals surface area contributed by atoms with Gasteiger partial charge in [0.1, 0.15) is 18.0 Å². The zero-order valence-electron chi connectivity index (χ0n) is 16.5. The third-order valence-electron chi connectivity index (χ3n) is 4.85. The van der Waals surface area contributed by atoms with Gasteiger partial charge in [0, 0.05) is 18.8 Å². The summed E-state index contributed by atoms with van der Waals surface area (Å²) in [5.41, 5.74) is 3.45. The molecule has 0 spiro atoms. The molecule has 1 heterocycles. The second-order valence-corrected chi connectivity index (χ2v) is 8.94. The minimum Gasteiger partial charge on any atom is -0.550 e. The molecule has 7 nitrogen and oxygen atoms in total. The normalized spacial score (nSPS) is 16.9. The van der Waals surface area contributed by atoms with Gasteiger partial charge >= 0.3 is 0 Å². The summed E-state index contributed by atoms with van der Waals surface area (Å²) >= 11 is 0. The van der Waals surface area contributed by atoms with Crippen LogP contribution >= 0.6 is 0 Å². The lowest BCUT2D eigenvalue weighted by atomic mass is 10.0. The number of ether oxygens (including phenoxy) is 1. The summed E-state index contributed by atoms with van der Waals surface area (Å²) in [6.07, 6.45) is -1.74. The number of aliphatic carboxylic acids is 1. The molecule has 156 valence electrons. The van der Waals surface area contributed by atoms with Crippen LogP contribution in [0.15, 0.2) is 35.2 Å². The molecule has 0 saturated carbocycles. The highest BCUT2D eigenvalue weighted by molar-refractivity contribution is 7.86. The van der Waals surface area contributed by atoms with Crippen molar-refractivity contribution in [2.75, 3.05) is 6.61 Å². The molecule has 0 bridgehead atoms. The van der Waals surface area contributed by atoms with Crippen molar-refractivity contribution in [3.63, 3.8) is 0 Å². The Morgan fingerprint density at radius 1 is 1.24 bits per heavy atom. The van der Waals surface area contributed by atoms with E-state index in [1.165, 1.54) is 0 Å². The van der Waals surface area contributed by atoms with Gasteiger partial charge in [0.25, 0.3) is 10.1 Å². The Hall–Kier alpha value is -2.42. The Morgan fingerprint density at radius 2 is 1.90 bits per heavy atom. The fourth-order valence-electron chi connectivity index (χ4n) is 3.71. The Bertz CT molecular complexity index is 1020. The number of rotatable bonds is 7. The van der Waals surface area contributed by atoms with Gasteiger partial charge in [-0.15, -0.1) is 0 Å². The number of aliphatic hydroxyl groups is 1. The van der Waals surface area contributed by atoms with Crippen LogP contribution in [0.25, 0.3) is 0 Å². The number of carbonyl (C=O) groups excluding carboxylic acids is 1. The highest BCUT2D eigenvalue weighted by Gasteiger charge is 2.31. The third kappa shape index (κ3) is 4.77. The Morgan fingerprint density at radius 3 is 2.52 bits per heavy atom. The van der Waals surface area contributed by atoms with Crippen molar-refractivity contribution in [2.24, 2.45) is 0 Å². The van der Waals surface area contributed by atoms with Crippen molar-refractivity contribution in [1.82, 2.24) is 0 Å². The van der Waals surface area contributed by atoms with E-state index in [2.05, 4.69) is 0 Å². The number of aryl methyl sites for hydroxylation is 3. The summed E-state index contributed by atoms with van der Waals surface area (Å²) in [6, 6.07) is 8.47. The zero-order valence-corrected chi connectivity index (χ0v) is 17.3. The first kappa shape index (κ1) is 21.3. The van der Waals surface area contributed by atoms with Crippen molar-refractivity contribution >= 4 is 16.1 Å². The number of carboxylic acid groups (broad SMARTS) is 1. The third-order valence-corrected chi connectivity index (χ3v) is 6.44. The number of hydrogen-bond acceptors (Lipinski definition) is 7. The van der Waals surface area contributed by atoms with E-state index in [4.69, 9.17) is 8.92 Å². The molecule has 29 heavy (non-hydrogen) atoms. The van der Waals surface area contributed by atoms with Gasteiger partial charge in [-0.05, 0) is 49.1 Å². The maximum Gasteiger partial charge on any atom is 0.297 e. The van der Waals surface area contributed by atoms with Crippen molar-refractivity contribution in [1.29, 1.82) is 0 Å². The van der Waals surface area contributed by atoms with E-state index in [9.17, 15) is 23.4 Å². The molecule has 1 aliphatic heterocycles. The van der Waals surface area contributed by atoms with E-state index < -0.39 is 34.9 Å². The SMILES string of the molecule is Cc1cc(C)c(S(=O)(=O)OCC(O)C2Cc3cc(CC(=O)[O-])ccc3O2)c(C)c1. The van der Waals surface area contributed by atoms with Crippen molar-refractivity contribution < 1.29 is 32.3 Å². The first-order chi connectivity index (χ1) is 13.6. The van der Waals surface area contributed by atoms with E-state index in [0.717, 1.165) is 11.1 Å². The summed E-state index contributed by atoms with van der Waals surface area (Å²) < 4.78 is 36.1. The van der Waals surface area contributed by atoms with E-state index in [1.807, 2.05) is 6.92 Å². The topological polar surface area (TPSA) is 113 Å². The lowest BCUT2D eigenvalue weighted by molar-refractivity contribution is -0.304. The fraction of sp³-hybridized carbons (Fsp3) is 0.381. The first-order valence-electron chi connectivity index (χ1n) is 9.20. The Kier molecular flexibility index (Phi) is 5.97. The van der Waals surface area contributed by atoms with Gasteiger partial charge in [0.05, 0.1) is 11.5 Å². The number of benzene rings is 2. The lowest BCUT2D eigenvalue weighted by Gasteiger charge is -2.19. The molecule has 3 rings (SSSR count). The molecular formula is C21H23O7S-. The second kappa shape index (κ2) is 8.14. The van der Waals surface area contributed by atoms with Gasteiger partial charge in [-0.1, -0.05) is 29.8 Å². The summed E-state index contributed by atoms with van der Waals surface area (Å²) in [6.45, 7) is 4.84. The van der Waals surface area contributed by atoms with Crippen LogP contribution in [0.3, 0.4) is 0 Å². The first-order valence-corrected chi connectivity index (χ1v) is 10.6. The van der Waals surface area contributed by atoms with Crippen molar-refractivity contribution in [3.05, 3.63) is 58.1 Å². The van der Waals surface area contributed by atoms with Gasteiger partial charge in [-0.2, -0.15) is 8.42 Å². The van der Waals surface area contributed by atoms with E-state index in [0.29, 0.717) is 28.9 Å². The van der Waals surface area contributed by atoms with Crippen LogP contribution in [0, 0.1) is 20.8 Å². The van der Waals surface area contributed by atoms with E-state index in [1.54, 1.807) is 44.2 Å². The average Bonchev–Trinajstić information content (AvgIpc) is 3.01. The molecule has 2 unspecified atom stereocenters. The van der Waals surface area contributed by atoms with E-state index >= 15 is 0 Å². The highest BCUT2D eigenvalue weighted by Crippen LogP contribution is 2.31. The molecule has 0 saturated heterocycles. The molecule has 8 heteroatoms. The monoisotopic (exact) mass is 419 g/mol. The molecule has 0 amide bonds. The molecule has 0 radical (unpaired) electrons. The quantitative estimate of drug-likeness (QED) is 0.666. The zero-order chi connectivity index (χ0) is 21.3. The molecule has 0 aromatic heterocycles. The van der Waals surface area contributed by atoms with Crippen LogP contribution < -0.4 is 9.84 Å². The summed E-state index contributed by atoms with van der Waals surface area (Å²) in [4.78, 5) is 10.9. The van der Waals surface area contributed by atoms with Crippen molar-refractivity contribution in [2.45, 2.75) is 50.7 Å². The van der Waals surface area contributed by atoms with Crippen molar-refractivity contribution in [3.8, 4) is 5.75 Å². The van der Waals surface area contributed by atoms with Gasteiger partial charge in [0.2, 0.25) is 0 Å². The van der Waals surface area contributed by atoms with Gasteiger partial charge in [0.15, 0.2) is 0 Å². The maximum absolute atomic E-state index is 12.6. The molecular weight excluding hydrogens is 396 g/mol. The molecule has 1 N–H and O–H groups in total. The number of carbonyl (C=O) groups is 1. The average molecular weight is 419 g/mol. The number of fused-ring (bicyclic) bond motifs is 1. The predicted molar refractivity (Wildman–Crippen MR) is 103 cm³/mol. The number of hydrogen-bond donors (Lipinski definition) is 1. The summed E-state index contributed by atoms with van der Waals surface area (Å²) in [5, 5.41) is 21.2. The Labute approximate surface area is 170 Å². The van der Waals surface area contributed by atoms with Crippen LogP contribution in [0.2, 0.25) is 0 Å². The Balaban J connectivity index is 1.67. The summed E-state index contributed by atoms with van der Waals surface area (Å²) in [5.74, 6) is -0.648. The van der Waals surface area contributed by atoms with E-state index in [-0.39, 0.29) is 11.3 Å². The molecule has 1 aliphatic rings.